The van der Waals surface area contributed by atoms with Gasteiger partial charge >= 0.3 is 0 Å². The van der Waals surface area contributed by atoms with Crippen molar-refractivity contribution in [3.05, 3.63) is 57.3 Å². The number of nitrogens with zero attached hydrogens (tertiary/aromatic N) is 1. The highest BCUT2D eigenvalue weighted by atomic mass is 15.0. The summed E-state index contributed by atoms with van der Waals surface area (Å²) in [6.45, 7) is 19.3. The predicted octanol–water partition coefficient (Wildman–Crippen LogP) is 3.69. The van der Waals surface area contributed by atoms with E-state index in [1.165, 1.54) is 38.6 Å². The van der Waals surface area contributed by atoms with E-state index in [1.54, 1.807) is 0 Å². The number of rotatable bonds is 1. The Balaban J connectivity index is 1.61. The van der Waals surface area contributed by atoms with Gasteiger partial charge in [0, 0.05) is 49.0 Å². The van der Waals surface area contributed by atoms with Crippen LogP contribution in [0.5, 0.6) is 0 Å². The summed E-state index contributed by atoms with van der Waals surface area (Å²) in [5.74, 6) is 0. The van der Waals surface area contributed by atoms with Gasteiger partial charge in [-0.3, -0.25) is 0 Å². The van der Waals surface area contributed by atoms with Crippen molar-refractivity contribution in [2.24, 2.45) is 0 Å². The summed E-state index contributed by atoms with van der Waals surface area (Å²) in [5, 5.41) is 8.81. The van der Waals surface area contributed by atoms with E-state index in [0.717, 1.165) is 45.0 Å². The number of H-pyrrole nitrogens is 1. The maximum atomic E-state index is 4.43. The van der Waals surface area contributed by atoms with Crippen LogP contribution in [0.4, 0.5) is 0 Å². The molecule has 2 heteroatoms. The minimum Gasteiger partial charge on any atom is -0.355 e. The van der Waals surface area contributed by atoms with Crippen molar-refractivity contribution in [3.63, 3.8) is 0 Å². The summed E-state index contributed by atoms with van der Waals surface area (Å²) in [5.41, 5.74) is 6.66. The number of aromatic amines is 1. The first kappa shape index (κ1) is 15.8. The molecule has 1 N–H and O–H groups in total. The summed E-state index contributed by atoms with van der Waals surface area (Å²) in [6, 6.07) is 9.57. The van der Waals surface area contributed by atoms with E-state index in [2.05, 4.69) is 73.1 Å². The zero-order valence-electron chi connectivity index (χ0n) is 16.2. The van der Waals surface area contributed by atoms with Crippen LogP contribution >= 0.6 is 0 Å². The molecule has 136 valence electrons. The third kappa shape index (κ3) is 1.78. The van der Waals surface area contributed by atoms with Crippen molar-refractivity contribution in [2.75, 3.05) is 0 Å². The lowest BCUT2D eigenvalue weighted by Gasteiger charge is -2.24. The normalized spacial score (nSPS) is 17.6. The van der Waals surface area contributed by atoms with Crippen molar-refractivity contribution in [3.8, 4) is 22.3 Å². The van der Waals surface area contributed by atoms with Crippen LogP contribution in [0.25, 0.3) is 70.1 Å². The Labute approximate surface area is 163 Å². The van der Waals surface area contributed by atoms with E-state index in [4.69, 9.17) is 0 Å². The van der Waals surface area contributed by atoms with Crippen LogP contribution in [0, 0.1) is 0 Å². The molecule has 0 bridgehead atoms. The van der Waals surface area contributed by atoms with Gasteiger partial charge in [-0.15, -0.1) is 0 Å². The quantitative estimate of drug-likeness (QED) is 0.439. The minimum absolute atomic E-state index is 0.448. The number of benzene rings is 2. The standard InChI is InChI=1S/C26H22N2/c1-13-6-7-18(8-13)28-16(4)21-11-25-23-9-19-14(2)27-15(3)20(19)10-24(23)26(25)12-22(21)17(28)5/h6,9-12,18,27H,2-5,7-8H2,1H3. The SMILES string of the molecule is C=c1[nH]c(=C)c2cc3c(cc12)-c1cc2c(=C)n(C4CC=C(C)C4)c(=C)c2cc1-3. The summed E-state index contributed by atoms with van der Waals surface area (Å²) in [7, 11) is 0. The average molecular weight is 362 g/mol. The van der Waals surface area contributed by atoms with Crippen molar-refractivity contribution in [1.82, 2.24) is 9.55 Å². The van der Waals surface area contributed by atoms with Gasteiger partial charge in [0.05, 0.1) is 0 Å². The average Bonchev–Trinajstić information content (AvgIpc) is 3.28. The molecular formula is C26H22N2. The lowest BCUT2D eigenvalue weighted by Crippen LogP contribution is -2.28. The Morgan fingerprint density at radius 2 is 1.25 bits per heavy atom. The van der Waals surface area contributed by atoms with E-state index in [9.17, 15) is 0 Å². The Bertz CT molecular complexity index is 1490. The van der Waals surface area contributed by atoms with Gasteiger partial charge in [0.15, 0.2) is 0 Å². The molecule has 2 aromatic heterocycles. The Morgan fingerprint density at radius 3 is 1.68 bits per heavy atom. The molecule has 28 heavy (non-hydrogen) atoms. The molecule has 2 aromatic carbocycles. The molecule has 0 fully saturated rings. The van der Waals surface area contributed by atoms with Crippen LogP contribution in [-0.2, 0) is 0 Å². The molecule has 6 rings (SSSR count). The fourth-order valence-corrected chi connectivity index (χ4v) is 5.26. The Morgan fingerprint density at radius 1 is 0.786 bits per heavy atom. The van der Waals surface area contributed by atoms with Crippen molar-refractivity contribution < 1.29 is 0 Å². The van der Waals surface area contributed by atoms with E-state index in [0.29, 0.717) is 6.04 Å². The second kappa shape index (κ2) is 4.96. The molecule has 0 saturated heterocycles. The van der Waals surface area contributed by atoms with Crippen molar-refractivity contribution in [1.29, 1.82) is 0 Å². The fourth-order valence-electron chi connectivity index (χ4n) is 5.26. The highest BCUT2D eigenvalue weighted by Crippen LogP contribution is 2.49. The molecule has 1 atom stereocenters. The van der Waals surface area contributed by atoms with Gasteiger partial charge in [-0.2, -0.15) is 0 Å². The monoisotopic (exact) mass is 362 g/mol. The summed E-state index contributed by atoms with van der Waals surface area (Å²) in [6.07, 6.45) is 4.51. The van der Waals surface area contributed by atoms with Crippen LogP contribution in [0.3, 0.4) is 0 Å². The van der Waals surface area contributed by atoms with Crippen molar-refractivity contribution in [2.45, 2.75) is 25.8 Å². The van der Waals surface area contributed by atoms with Crippen LogP contribution in [0.2, 0.25) is 0 Å². The van der Waals surface area contributed by atoms with E-state index in [-0.39, 0.29) is 0 Å². The molecule has 0 radical (unpaired) electrons. The van der Waals surface area contributed by atoms with Gasteiger partial charge in [-0.1, -0.05) is 38.0 Å². The molecule has 2 aliphatic carbocycles. The first-order valence-corrected chi connectivity index (χ1v) is 9.80. The number of hydrogen-bond acceptors (Lipinski definition) is 0. The first-order chi connectivity index (χ1) is 13.4. The van der Waals surface area contributed by atoms with Gasteiger partial charge in [0.1, 0.15) is 0 Å². The minimum atomic E-state index is 0.448. The van der Waals surface area contributed by atoms with Crippen LogP contribution in [0.15, 0.2) is 35.9 Å². The Hall–Kier alpha value is -3.26. The van der Waals surface area contributed by atoms with E-state index in [1.807, 2.05) is 0 Å². The zero-order valence-corrected chi connectivity index (χ0v) is 16.2. The fraction of sp³-hybridized carbons (Fsp3) is 0.154. The predicted molar refractivity (Wildman–Crippen MR) is 121 cm³/mol. The number of hydrogen-bond donors (Lipinski definition) is 1. The molecule has 0 amide bonds. The van der Waals surface area contributed by atoms with Gasteiger partial charge in [-0.05, 0) is 66.3 Å². The topological polar surface area (TPSA) is 20.7 Å². The van der Waals surface area contributed by atoms with Gasteiger partial charge in [-0.25, -0.2) is 0 Å². The second-order valence-corrected chi connectivity index (χ2v) is 8.38. The number of allylic oxidation sites excluding steroid dienone is 2. The van der Waals surface area contributed by atoms with E-state index >= 15 is 0 Å². The van der Waals surface area contributed by atoms with Gasteiger partial charge in [0.25, 0.3) is 0 Å². The molecular weight excluding hydrogens is 340 g/mol. The largest absolute Gasteiger partial charge is 0.355 e. The third-order valence-electron chi connectivity index (χ3n) is 6.71. The molecule has 4 aromatic rings. The van der Waals surface area contributed by atoms with Crippen LogP contribution < -0.4 is 21.4 Å². The maximum Gasteiger partial charge on any atom is 0.0421 e. The summed E-state index contributed by atoms with van der Waals surface area (Å²) in [4.78, 5) is 3.26. The van der Waals surface area contributed by atoms with Crippen molar-refractivity contribution >= 4 is 47.9 Å². The summed E-state index contributed by atoms with van der Waals surface area (Å²) >= 11 is 0. The number of fused-ring (bicyclic) bond motifs is 6. The lowest BCUT2D eigenvalue weighted by atomic mass is 9.78. The molecule has 2 heterocycles. The highest BCUT2D eigenvalue weighted by Gasteiger charge is 2.26. The first-order valence-electron chi connectivity index (χ1n) is 9.80. The maximum absolute atomic E-state index is 4.43. The smallest absolute Gasteiger partial charge is 0.0421 e. The second-order valence-electron chi connectivity index (χ2n) is 8.38. The molecule has 2 nitrogen and oxygen atoms in total. The van der Waals surface area contributed by atoms with Gasteiger partial charge in [0.2, 0.25) is 0 Å². The van der Waals surface area contributed by atoms with E-state index < -0.39 is 0 Å². The van der Waals surface area contributed by atoms with Crippen LogP contribution in [0.1, 0.15) is 25.8 Å². The molecule has 0 spiro atoms. The Kier molecular flexibility index (Phi) is 2.79. The lowest BCUT2D eigenvalue weighted by molar-refractivity contribution is 0.513. The molecule has 1 unspecified atom stereocenters. The molecule has 0 aliphatic heterocycles. The van der Waals surface area contributed by atoms with Gasteiger partial charge < -0.3 is 9.55 Å². The van der Waals surface area contributed by atoms with Crippen LogP contribution in [-0.4, -0.2) is 9.55 Å². The summed E-state index contributed by atoms with van der Waals surface area (Å²) < 4.78 is 2.36. The zero-order chi connectivity index (χ0) is 19.3. The molecule has 2 aliphatic rings. The highest BCUT2D eigenvalue weighted by molar-refractivity contribution is 6.12. The number of nitrogens with one attached hydrogen (secondary N) is 1. The third-order valence-corrected chi connectivity index (χ3v) is 6.71. The number of aromatic nitrogens is 2. The molecule has 0 saturated carbocycles.